The number of aromatic nitrogens is 2. The van der Waals surface area contributed by atoms with Crippen molar-refractivity contribution in [3.05, 3.63) is 59.6 Å². The monoisotopic (exact) mass is 385 g/mol. The van der Waals surface area contributed by atoms with Crippen LogP contribution in [0.4, 0.5) is 0 Å². The fourth-order valence-electron chi connectivity index (χ4n) is 2.74. The van der Waals surface area contributed by atoms with E-state index in [-0.39, 0.29) is 0 Å². The highest BCUT2D eigenvalue weighted by atomic mass is 32.1. The summed E-state index contributed by atoms with van der Waals surface area (Å²) >= 11 is 1.68. The molecule has 2 N–H and O–H groups in total. The third kappa shape index (κ3) is 5.74. The number of nitrogens with one attached hydrogen (secondary N) is 1. The lowest BCUT2D eigenvalue weighted by Gasteiger charge is -2.13. The Hall–Kier alpha value is -1.99. The molecule has 3 aromatic rings. The minimum absolute atomic E-state index is 0.353. The van der Waals surface area contributed by atoms with E-state index < -0.39 is 6.10 Å². The number of nitrogens with zero attached hydrogens (tertiary/aromatic N) is 2. The Morgan fingerprint density at radius 3 is 2.67 bits per heavy atom. The predicted octanol–water partition coefficient (Wildman–Crippen LogP) is 3.72. The molecule has 1 atom stereocenters. The SMILES string of the molecule is CC(C)COCC(O)CNCc1cn(-c2ccccc2)nc1-c1cccs1. The lowest BCUT2D eigenvalue weighted by atomic mass is 10.2. The zero-order valence-corrected chi connectivity index (χ0v) is 16.7. The van der Waals surface area contributed by atoms with Gasteiger partial charge in [-0.15, -0.1) is 11.3 Å². The van der Waals surface area contributed by atoms with Gasteiger partial charge in [-0.3, -0.25) is 0 Å². The number of ether oxygens (including phenoxy) is 1. The first-order valence-electron chi connectivity index (χ1n) is 9.28. The van der Waals surface area contributed by atoms with E-state index in [1.54, 1.807) is 11.3 Å². The molecule has 6 heteroatoms. The molecule has 0 radical (unpaired) electrons. The number of hydrogen-bond donors (Lipinski definition) is 2. The smallest absolute Gasteiger partial charge is 0.107 e. The van der Waals surface area contributed by atoms with E-state index in [0.717, 1.165) is 21.8 Å². The highest BCUT2D eigenvalue weighted by molar-refractivity contribution is 7.13. The molecular formula is C21H27N3O2S. The van der Waals surface area contributed by atoms with Crippen LogP contribution in [-0.2, 0) is 11.3 Å². The molecule has 0 aliphatic carbocycles. The van der Waals surface area contributed by atoms with E-state index in [9.17, 15) is 5.11 Å². The van der Waals surface area contributed by atoms with Gasteiger partial charge in [-0.1, -0.05) is 38.1 Å². The van der Waals surface area contributed by atoms with Gasteiger partial charge in [-0.05, 0) is 29.5 Å². The van der Waals surface area contributed by atoms with Gasteiger partial charge in [0, 0.05) is 31.5 Å². The Balaban J connectivity index is 1.64. The van der Waals surface area contributed by atoms with E-state index in [4.69, 9.17) is 9.84 Å². The van der Waals surface area contributed by atoms with Crippen LogP contribution in [-0.4, -0.2) is 40.7 Å². The van der Waals surface area contributed by atoms with Gasteiger partial charge in [0.1, 0.15) is 5.69 Å². The van der Waals surface area contributed by atoms with Crippen molar-refractivity contribution in [1.82, 2.24) is 15.1 Å². The fraction of sp³-hybridized carbons (Fsp3) is 0.381. The van der Waals surface area contributed by atoms with Crippen molar-refractivity contribution in [2.24, 2.45) is 5.92 Å². The molecule has 0 saturated carbocycles. The molecule has 1 aromatic carbocycles. The molecule has 0 aliphatic heterocycles. The molecule has 2 aromatic heterocycles. The number of benzene rings is 1. The molecular weight excluding hydrogens is 358 g/mol. The highest BCUT2D eigenvalue weighted by Gasteiger charge is 2.13. The Bertz CT molecular complexity index is 800. The zero-order valence-electron chi connectivity index (χ0n) is 15.8. The lowest BCUT2D eigenvalue weighted by Crippen LogP contribution is -2.30. The minimum atomic E-state index is -0.516. The summed E-state index contributed by atoms with van der Waals surface area (Å²) in [5, 5.41) is 20.2. The van der Waals surface area contributed by atoms with Crippen molar-refractivity contribution in [2.45, 2.75) is 26.5 Å². The summed E-state index contributed by atoms with van der Waals surface area (Å²) in [6.45, 7) is 6.34. The summed E-state index contributed by atoms with van der Waals surface area (Å²) in [6.07, 6.45) is 1.54. The Morgan fingerprint density at radius 1 is 1.15 bits per heavy atom. The zero-order chi connectivity index (χ0) is 19.1. The molecule has 5 nitrogen and oxygen atoms in total. The van der Waals surface area contributed by atoms with Gasteiger partial charge in [0.25, 0.3) is 0 Å². The molecule has 0 aliphatic rings. The Morgan fingerprint density at radius 2 is 1.96 bits per heavy atom. The van der Waals surface area contributed by atoms with Crippen LogP contribution in [0.5, 0.6) is 0 Å². The summed E-state index contributed by atoms with van der Waals surface area (Å²) in [4.78, 5) is 1.14. The Kier molecular flexibility index (Phi) is 7.18. The summed E-state index contributed by atoms with van der Waals surface area (Å²) < 4.78 is 7.41. The first-order chi connectivity index (χ1) is 13.1. The van der Waals surface area contributed by atoms with Gasteiger partial charge in [-0.2, -0.15) is 5.10 Å². The average molecular weight is 386 g/mol. The minimum Gasteiger partial charge on any atom is -0.389 e. The molecule has 27 heavy (non-hydrogen) atoms. The quantitative estimate of drug-likeness (QED) is 0.558. The van der Waals surface area contributed by atoms with Crippen molar-refractivity contribution in [3.8, 4) is 16.3 Å². The molecule has 0 bridgehead atoms. The van der Waals surface area contributed by atoms with Crippen LogP contribution in [0, 0.1) is 5.92 Å². The van der Waals surface area contributed by atoms with Crippen LogP contribution in [0.2, 0.25) is 0 Å². The number of thiophene rings is 1. The van der Waals surface area contributed by atoms with Gasteiger partial charge < -0.3 is 15.2 Å². The topological polar surface area (TPSA) is 59.3 Å². The van der Waals surface area contributed by atoms with Crippen LogP contribution >= 0.6 is 11.3 Å². The van der Waals surface area contributed by atoms with Crippen LogP contribution in [0.1, 0.15) is 19.4 Å². The number of aliphatic hydroxyl groups is 1. The number of hydrogen-bond acceptors (Lipinski definition) is 5. The third-order valence-electron chi connectivity index (χ3n) is 4.02. The van der Waals surface area contributed by atoms with Crippen LogP contribution < -0.4 is 5.32 Å². The molecule has 0 amide bonds. The number of para-hydroxylation sites is 1. The average Bonchev–Trinajstić information content (AvgIpc) is 3.32. The van der Waals surface area contributed by atoms with Crippen LogP contribution in [0.15, 0.2) is 54.0 Å². The highest BCUT2D eigenvalue weighted by Crippen LogP contribution is 2.27. The van der Waals surface area contributed by atoms with Gasteiger partial charge in [0.2, 0.25) is 0 Å². The van der Waals surface area contributed by atoms with Crippen LogP contribution in [0.25, 0.3) is 16.3 Å². The van der Waals surface area contributed by atoms with E-state index in [0.29, 0.717) is 32.2 Å². The second-order valence-electron chi connectivity index (χ2n) is 6.98. The second-order valence-corrected chi connectivity index (χ2v) is 7.92. The first-order valence-corrected chi connectivity index (χ1v) is 10.2. The van der Waals surface area contributed by atoms with Gasteiger partial charge in [0.05, 0.1) is 23.3 Å². The molecule has 0 saturated heterocycles. The molecule has 3 rings (SSSR count). The fourth-order valence-corrected chi connectivity index (χ4v) is 3.49. The van der Waals surface area contributed by atoms with Crippen LogP contribution in [0.3, 0.4) is 0 Å². The third-order valence-corrected chi connectivity index (χ3v) is 4.90. The maximum absolute atomic E-state index is 10.1. The molecule has 0 fully saturated rings. The van der Waals surface area contributed by atoms with Gasteiger partial charge in [-0.25, -0.2) is 4.68 Å². The maximum Gasteiger partial charge on any atom is 0.107 e. The van der Waals surface area contributed by atoms with Crippen molar-refractivity contribution in [2.75, 3.05) is 19.8 Å². The summed E-state index contributed by atoms with van der Waals surface area (Å²) in [7, 11) is 0. The first kappa shape index (κ1) is 19.8. The Labute approximate surface area is 164 Å². The van der Waals surface area contributed by atoms with Gasteiger partial charge in [0.15, 0.2) is 0 Å². The maximum atomic E-state index is 10.1. The summed E-state index contributed by atoms with van der Waals surface area (Å²) in [5.74, 6) is 0.474. The second kappa shape index (κ2) is 9.80. The molecule has 2 heterocycles. The van der Waals surface area contributed by atoms with E-state index in [1.807, 2.05) is 41.1 Å². The van der Waals surface area contributed by atoms with Crippen molar-refractivity contribution in [3.63, 3.8) is 0 Å². The normalized spacial score (nSPS) is 12.6. The molecule has 144 valence electrons. The van der Waals surface area contributed by atoms with E-state index in [1.165, 1.54) is 0 Å². The van der Waals surface area contributed by atoms with Gasteiger partial charge >= 0.3 is 0 Å². The summed E-state index contributed by atoms with van der Waals surface area (Å²) in [5.41, 5.74) is 3.12. The van der Waals surface area contributed by atoms with E-state index in [2.05, 4.69) is 36.8 Å². The largest absolute Gasteiger partial charge is 0.389 e. The lowest BCUT2D eigenvalue weighted by molar-refractivity contribution is 0.0260. The predicted molar refractivity (Wildman–Crippen MR) is 110 cm³/mol. The molecule has 0 spiro atoms. The van der Waals surface area contributed by atoms with Crippen molar-refractivity contribution < 1.29 is 9.84 Å². The van der Waals surface area contributed by atoms with Crippen molar-refractivity contribution >= 4 is 11.3 Å². The van der Waals surface area contributed by atoms with E-state index >= 15 is 0 Å². The molecule has 1 unspecified atom stereocenters. The standard InChI is InChI=1S/C21H27N3O2S/c1-16(2)14-26-15-19(25)12-22-11-17-13-24(18-7-4-3-5-8-18)23-21(17)20-9-6-10-27-20/h3-10,13,16,19,22,25H,11-12,14-15H2,1-2H3. The summed E-state index contributed by atoms with van der Waals surface area (Å²) in [6, 6.07) is 14.2. The number of rotatable bonds is 10. The van der Waals surface area contributed by atoms with Crippen molar-refractivity contribution in [1.29, 1.82) is 0 Å². The number of aliphatic hydroxyl groups excluding tert-OH is 1.